The maximum atomic E-state index is 12.8. The largest absolute Gasteiger partial charge is 0.493 e. The molecule has 1 heterocycles. The molecule has 3 heteroatoms. The highest BCUT2D eigenvalue weighted by atomic mass is 19.1. The maximum Gasteiger partial charge on any atom is 0.126 e. The van der Waals surface area contributed by atoms with Crippen molar-refractivity contribution in [1.82, 2.24) is 0 Å². The lowest BCUT2D eigenvalue weighted by Crippen LogP contribution is -2.21. The fourth-order valence-electron chi connectivity index (χ4n) is 1.47. The van der Waals surface area contributed by atoms with E-state index in [2.05, 4.69) is 0 Å². The minimum atomic E-state index is -0.283. The summed E-state index contributed by atoms with van der Waals surface area (Å²) in [6, 6.07) is 4.39. The van der Waals surface area contributed by atoms with Gasteiger partial charge in [-0.1, -0.05) is 0 Å². The highest BCUT2D eigenvalue weighted by Crippen LogP contribution is 2.26. The van der Waals surface area contributed by atoms with Crippen molar-refractivity contribution in [3.63, 3.8) is 0 Å². The lowest BCUT2D eigenvalue weighted by atomic mass is 9.98. The Bertz CT molecular complexity index is 336. The normalized spacial score (nSPS) is 20.2. The second kappa shape index (κ2) is 3.17. The minimum Gasteiger partial charge on any atom is -0.493 e. The van der Waals surface area contributed by atoms with E-state index in [-0.39, 0.29) is 11.7 Å². The monoisotopic (exact) mass is 180 g/mol. The number of carbonyl (C=O) groups is 1. The molecule has 2 nitrogen and oxygen atoms in total. The molecule has 13 heavy (non-hydrogen) atoms. The van der Waals surface area contributed by atoms with E-state index in [0.717, 1.165) is 11.8 Å². The molecule has 0 saturated heterocycles. The molecule has 0 saturated carbocycles. The second-order valence-corrected chi connectivity index (χ2v) is 3.16. The van der Waals surface area contributed by atoms with E-state index in [9.17, 15) is 9.18 Å². The summed E-state index contributed by atoms with van der Waals surface area (Å²) in [5.74, 6) is 0.280. The van der Waals surface area contributed by atoms with Gasteiger partial charge in [0.2, 0.25) is 0 Å². The van der Waals surface area contributed by atoms with Crippen LogP contribution in [0.4, 0.5) is 4.39 Å². The van der Waals surface area contributed by atoms with E-state index in [1.54, 1.807) is 6.07 Å². The molecule has 0 bridgehead atoms. The average Bonchev–Trinajstić information content (AvgIpc) is 2.16. The van der Waals surface area contributed by atoms with Gasteiger partial charge in [-0.15, -0.1) is 0 Å². The summed E-state index contributed by atoms with van der Waals surface area (Å²) in [6.45, 7) is 0.405. The SMILES string of the molecule is O=CC1COc2ccc(F)cc2C1. The molecular formula is C10H9FO2. The lowest BCUT2D eigenvalue weighted by molar-refractivity contribution is -0.112. The first kappa shape index (κ1) is 8.23. The Balaban J connectivity index is 2.32. The zero-order valence-corrected chi connectivity index (χ0v) is 7.00. The summed E-state index contributed by atoms with van der Waals surface area (Å²) < 4.78 is 18.1. The molecule has 0 radical (unpaired) electrons. The van der Waals surface area contributed by atoms with Crippen molar-refractivity contribution in [3.8, 4) is 5.75 Å². The zero-order valence-electron chi connectivity index (χ0n) is 7.00. The van der Waals surface area contributed by atoms with Crippen LogP contribution in [-0.4, -0.2) is 12.9 Å². The molecule has 0 spiro atoms. The molecule has 1 aliphatic rings. The molecule has 1 atom stereocenters. The summed E-state index contributed by atoms with van der Waals surface area (Å²) >= 11 is 0. The van der Waals surface area contributed by atoms with Gasteiger partial charge in [0.25, 0.3) is 0 Å². The van der Waals surface area contributed by atoms with Gasteiger partial charge in [-0.25, -0.2) is 4.39 Å². The Morgan fingerprint density at radius 2 is 2.38 bits per heavy atom. The standard InChI is InChI=1S/C10H9FO2/c11-9-1-2-10-8(4-9)3-7(5-12)6-13-10/h1-2,4-5,7H,3,6H2. The molecular weight excluding hydrogens is 171 g/mol. The van der Waals surface area contributed by atoms with Crippen LogP contribution in [0, 0.1) is 11.7 Å². The Kier molecular flexibility index (Phi) is 2.00. The zero-order chi connectivity index (χ0) is 9.26. The van der Waals surface area contributed by atoms with Gasteiger partial charge in [0, 0.05) is 0 Å². The van der Waals surface area contributed by atoms with Crippen LogP contribution in [0.15, 0.2) is 18.2 Å². The second-order valence-electron chi connectivity index (χ2n) is 3.16. The van der Waals surface area contributed by atoms with Gasteiger partial charge >= 0.3 is 0 Å². The van der Waals surface area contributed by atoms with Crippen LogP contribution in [-0.2, 0) is 11.2 Å². The third kappa shape index (κ3) is 1.54. The predicted molar refractivity (Wildman–Crippen MR) is 45.2 cm³/mol. The number of fused-ring (bicyclic) bond motifs is 1. The third-order valence-electron chi connectivity index (χ3n) is 2.15. The van der Waals surface area contributed by atoms with Gasteiger partial charge in [-0.2, -0.15) is 0 Å². The Labute approximate surface area is 75.3 Å². The Hall–Kier alpha value is -1.38. The van der Waals surface area contributed by atoms with Gasteiger partial charge in [-0.05, 0) is 30.2 Å². The molecule has 2 rings (SSSR count). The first-order valence-corrected chi connectivity index (χ1v) is 4.16. The molecule has 0 aromatic heterocycles. The molecule has 0 amide bonds. The number of benzene rings is 1. The number of rotatable bonds is 1. The quantitative estimate of drug-likeness (QED) is 0.613. The smallest absolute Gasteiger partial charge is 0.126 e. The number of aldehydes is 1. The molecule has 0 aliphatic carbocycles. The van der Waals surface area contributed by atoms with E-state index >= 15 is 0 Å². The van der Waals surface area contributed by atoms with E-state index in [4.69, 9.17) is 4.74 Å². The van der Waals surface area contributed by atoms with Gasteiger partial charge < -0.3 is 9.53 Å². The van der Waals surface area contributed by atoms with Crippen LogP contribution >= 0.6 is 0 Å². The van der Waals surface area contributed by atoms with Gasteiger partial charge in [0.05, 0.1) is 12.5 Å². The minimum absolute atomic E-state index is 0.130. The average molecular weight is 180 g/mol. The molecule has 1 aromatic carbocycles. The van der Waals surface area contributed by atoms with Crippen molar-refractivity contribution in [1.29, 1.82) is 0 Å². The number of carbonyl (C=O) groups excluding carboxylic acids is 1. The summed E-state index contributed by atoms with van der Waals surface area (Å²) in [5, 5.41) is 0. The summed E-state index contributed by atoms with van der Waals surface area (Å²) in [7, 11) is 0. The first-order chi connectivity index (χ1) is 6.29. The van der Waals surface area contributed by atoms with E-state index in [1.165, 1.54) is 12.1 Å². The predicted octanol–water partition coefficient (Wildman–Crippen LogP) is 1.58. The van der Waals surface area contributed by atoms with Gasteiger partial charge in [0.1, 0.15) is 17.9 Å². The number of ether oxygens (including phenoxy) is 1. The highest BCUT2D eigenvalue weighted by Gasteiger charge is 2.19. The van der Waals surface area contributed by atoms with Crippen molar-refractivity contribution in [2.75, 3.05) is 6.61 Å². The number of hydrogen-bond donors (Lipinski definition) is 0. The first-order valence-electron chi connectivity index (χ1n) is 4.16. The van der Waals surface area contributed by atoms with Gasteiger partial charge in [0.15, 0.2) is 0 Å². The molecule has 1 aliphatic heterocycles. The Morgan fingerprint density at radius 3 is 3.15 bits per heavy atom. The lowest BCUT2D eigenvalue weighted by Gasteiger charge is -2.21. The summed E-state index contributed by atoms with van der Waals surface area (Å²) in [4.78, 5) is 10.5. The topological polar surface area (TPSA) is 26.3 Å². The van der Waals surface area contributed by atoms with Crippen LogP contribution in [0.3, 0.4) is 0 Å². The van der Waals surface area contributed by atoms with Crippen molar-refractivity contribution in [2.24, 2.45) is 5.92 Å². The third-order valence-corrected chi connectivity index (χ3v) is 2.15. The maximum absolute atomic E-state index is 12.8. The van der Waals surface area contributed by atoms with Crippen LogP contribution in [0.25, 0.3) is 0 Å². The molecule has 0 fully saturated rings. The van der Waals surface area contributed by atoms with Crippen molar-refractivity contribution in [3.05, 3.63) is 29.6 Å². The Morgan fingerprint density at radius 1 is 1.54 bits per heavy atom. The number of halogens is 1. The molecule has 0 N–H and O–H groups in total. The van der Waals surface area contributed by atoms with E-state index in [0.29, 0.717) is 18.8 Å². The van der Waals surface area contributed by atoms with E-state index < -0.39 is 0 Å². The number of hydrogen-bond acceptors (Lipinski definition) is 2. The van der Waals surface area contributed by atoms with Crippen molar-refractivity contribution < 1.29 is 13.9 Å². The van der Waals surface area contributed by atoms with Crippen molar-refractivity contribution >= 4 is 6.29 Å². The van der Waals surface area contributed by atoms with E-state index in [1.807, 2.05) is 0 Å². The van der Waals surface area contributed by atoms with Crippen LogP contribution in [0.2, 0.25) is 0 Å². The van der Waals surface area contributed by atoms with Gasteiger partial charge in [-0.3, -0.25) is 0 Å². The van der Waals surface area contributed by atoms with Crippen LogP contribution in [0.1, 0.15) is 5.56 Å². The fourth-order valence-corrected chi connectivity index (χ4v) is 1.47. The summed E-state index contributed by atoms with van der Waals surface area (Å²) in [6.07, 6.45) is 1.43. The summed E-state index contributed by atoms with van der Waals surface area (Å²) in [5.41, 5.74) is 0.781. The highest BCUT2D eigenvalue weighted by molar-refractivity contribution is 5.56. The van der Waals surface area contributed by atoms with Crippen LogP contribution in [0.5, 0.6) is 5.75 Å². The van der Waals surface area contributed by atoms with Crippen LogP contribution < -0.4 is 4.74 Å². The van der Waals surface area contributed by atoms with Crippen molar-refractivity contribution in [2.45, 2.75) is 6.42 Å². The molecule has 1 aromatic rings. The molecule has 1 unspecified atom stereocenters. The molecule has 68 valence electrons. The fraction of sp³-hybridized carbons (Fsp3) is 0.300.